The van der Waals surface area contributed by atoms with Crippen LogP contribution in [0.1, 0.15) is 0 Å². The molecule has 0 unspecified atom stereocenters. The molecule has 4 heteroatoms. The lowest BCUT2D eigenvalue weighted by Crippen LogP contribution is -1.91. The standard InChI is InChI=1S/C12H8Cl2FN/c13-8-3-7(4-9(14)5-8)11-2-1-10(15)6-12(11)16/h1-6H,16H2. The monoisotopic (exact) mass is 255 g/mol. The van der Waals surface area contributed by atoms with Gasteiger partial charge in [-0.1, -0.05) is 23.2 Å². The zero-order chi connectivity index (χ0) is 11.7. The summed E-state index contributed by atoms with van der Waals surface area (Å²) in [6, 6.07) is 9.32. The van der Waals surface area contributed by atoms with Crippen molar-refractivity contribution in [3.8, 4) is 11.1 Å². The molecule has 0 heterocycles. The van der Waals surface area contributed by atoms with E-state index in [0.29, 0.717) is 21.3 Å². The van der Waals surface area contributed by atoms with Gasteiger partial charge in [-0.2, -0.15) is 0 Å². The second kappa shape index (κ2) is 4.32. The van der Waals surface area contributed by atoms with Gasteiger partial charge < -0.3 is 5.73 Å². The summed E-state index contributed by atoms with van der Waals surface area (Å²) in [6.45, 7) is 0. The average molecular weight is 256 g/mol. The summed E-state index contributed by atoms with van der Waals surface area (Å²) in [5.74, 6) is -0.366. The SMILES string of the molecule is Nc1cc(F)ccc1-c1cc(Cl)cc(Cl)c1. The Labute approximate surface area is 103 Å². The number of rotatable bonds is 1. The van der Waals surface area contributed by atoms with E-state index in [1.54, 1.807) is 24.3 Å². The Morgan fingerprint density at radius 3 is 2.12 bits per heavy atom. The minimum absolute atomic E-state index is 0.360. The first kappa shape index (κ1) is 11.2. The molecule has 0 radical (unpaired) electrons. The molecule has 2 aromatic rings. The summed E-state index contributed by atoms with van der Waals surface area (Å²) in [7, 11) is 0. The number of benzene rings is 2. The maximum Gasteiger partial charge on any atom is 0.125 e. The molecule has 1 nitrogen and oxygen atoms in total. The summed E-state index contributed by atoms with van der Waals surface area (Å²) in [4.78, 5) is 0. The van der Waals surface area contributed by atoms with Gasteiger partial charge in [0.25, 0.3) is 0 Å². The molecule has 0 spiro atoms. The van der Waals surface area contributed by atoms with Crippen LogP contribution in [0.25, 0.3) is 11.1 Å². The molecule has 0 saturated heterocycles. The Bertz CT molecular complexity index is 520. The summed E-state index contributed by atoms with van der Waals surface area (Å²) in [5.41, 5.74) is 7.57. The number of hydrogen-bond acceptors (Lipinski definition) is 1. The van der Waals surface area contributed by atoms with Crippen molar-refractivity contribution in [3.05, 3.63) is 52.3 Å². The lowest BCUT2D eigenvalue weighted by atomic mass is 10.0. The van der Waals surface area contributed by atoms with Crippen LogP contribution in [-0.2, 0) is 0 Å². The van der Waals surface area contributed by atoms with E-state index in [4.69, 9.17) is 28.9 Å². The van der Waals surface area contributed by atoms with Gasteiger partial charge in [0, 0.05) is 21.3 Å². The fraction of sp³-hybridized carbons (Fsp3) is 0. The lowest BCUT2D eigenvalue weighted by Gasteiger charge is -2.07. The van der Waals surface area contributed by atoms with Gasteiger partial charge in [-0.25, -0.2) is 4.39 Å². The minimum Gasteiger partial charge on any atom is -0.398 e. The quantitative estimate of drug-likeness (QED) is 0.752. The normalized spacial score (nSPS) is 10.4. The van der Waals surface area contributed by atoms with E-state index < -0.39 is 0 Å². The highest BCUT2D eigenvalue weighted by Crippen LogP contribution is 2.31. The smallest absolute Gasteiger partial charge is 0.125 e. The zero-order valence-corrected chi connectivity index (χ0v) is 9.69. The molecule has 0 bridgehead atoms. The number of anilines is 1. The van der Waals surface area contributed by atoms with Crippen LogP contribution >= 0.6 is 23.2 Å². The highest BCUT2D eigenvalue weighted by Gasteiger charge is 2.05. The van der Waals surface area contributed by atoms with E-state index in [9.17, 15) is 4.39 Å². The Kier molecular flexibility index (Phi) is 3.03. The van der Waals surface area contributed by atoms with E-state index in [2.05, 4.69) is 0 Å². The zero-order valence-electron chi connectivity index (χ0n) is 8.18. The minimum atomic E-state index is -0.366. The first-order valence-corrected chi connectivity index (χ1v) is 5.33. The molecular weight excluding hydrogens is 248 g/mol. The van der Waals surface area contributed by atoms with Crippen molar-refractivity contribution in [2.45, 2.75) is 0 Å². The van der Waals surface area contributed by atoms with Crippen LogP contribution < -0.4 is 5.73 Å². The lowest BCUT2D eigenvalue weighted by molar-refractivity contribution is 0.628. The Hall–Kier alpha value is -1.25. The van der Waals surface area contributed by atoms with E-state index in [0.717, 1.165) is 5.56 Å². The Morgan fingerprint density at radius 1 is 0.938 bits per heavy atom. The summed E-state index contributed by atoms with van der Waals surface area (Å²) < 4.78 is 12.9. The first-order chi connectivity index (χ1) is 7.56. The third-order valence-electron chi connectivity index (χ3n) is 2.19. The number of halogens is 3. The second-order valence-corrected chi connectivity index (χ2v) is 4.26. The fourth-order valence-electron chi connectivity index (χ4n) is 1.51. The van der Waals surface area contributed by atoms with Gasteiger partial charge in [0.15, 0.2) is 0 Å². The number of hydrogen-bond donors (Lipinski definition) is 1. The van der Waals surface area contributed by atoms with Crippen LogP contribution in [0.2, 0.25) is 10.0 Å². The van der Waals surface area contributed by atoms with Crippen molar-refractivity contribution in [2.24, 2.45) is 0 Å². The molecule has 0 aliphatic rings. The highest BCUT2D eigenvalue weighted by atomic mass is 35.5. The number of nitrogen functional groups attached to an aromatic ring is 1. The van der Waals surface area contributed by atoms with Crippen LogP contribution in [0.3, 0.4) is 0 Å². The van der Waals surface area contributed by atoms with Gasteiger partial charge >= 0.3 is 0 Å². The third kappa shape index (κ3) is 2.29. The molecule has 0 aliphatic carbocycles. The van der Waals surface area contributed by atoms with Gasteiger partial charge in [-0.3, -0.25) is 0 Å². The summed E-state index contributed by atoms with van der Waals surface area (Å²) >= 11 is 11.8. The summed E-state index contributed by atoms with van der Waals surface area (Å²) in [6.07, 6.45) is 0. The van der Waals surface area contributed by atoms with Crippen molar-refractivity contribution in [2.75, 3.05) is 5.73 Å². The van der Waals surface area contributed by atoms with Crippen LogP contribution in [0.15, 0.2) is 36.4 Å². The van der Waals surface area contributed by atoms with Gasteiger partial charge in [0.2, 0.25) is 0 Å². The first-order valence-electron chi connectivity index (χ1n) is 4.58. The molecule has 0 amide bonds. The number of nitrogens with two attached hydrogens (primary N) is 1. The van der Waals surface area contributed by atoms with Crippen molar-refractivity contribution in [1.82, 2.24) is 0 Å². The third-order valence-corrected chi connectivity index (χ3v) is 2.62. The molecule has 0 aliphatic heterocycles. The predicted octanol–water partition coefficient (Wildman–Crippen LogP) is 4.38. The molecule has 2 N–H and O–H groups in total. The second-order valence-electron chi connectivity index (χ2n) is 3.39. The highest BCUT2D eigenvalue weighted by molar-refractivity contribution is 6.35. The molecular formula is C12H8Cl2FN. The van der Waals surface area contributed by atoms with Crippen LogP contribution in [-0.4, -0.2) is 0 Å². The predicted molar refractivity (Wildman–Crippen MR) is 66.3 cm³/mol. The maximum absolute atomic E-state index is 12.9. The topological polar surface area (TPSA) is 26.0 Å². The Balaban J connectivity index is 2.58. The van der Waals surface area contributed by atoms with Gasteiger partial charge in [0.1, 0.15) is 5.82 Å². The van der Waals surface area contributed by atoms with E-state index in [1.807, 2.05) is 0 Å². The van der Waals surface area contributed by atoms with E-state index in [-0.39, 0.29) is 5.82 Å². The molecule has 82 valence electrons. The summed E-state index contributed by atoms with van der Waals surface area (Å²) in [5, 5.41) is 1.04. The van der Waals surface area contributed by atoms with E-state index >= 15 is 0 Å². The van der Waals surface area contributed by atoms with Crippen molar-refractivity contribution in [3.63, 3.8) is 0 Å². The molecule has 2 aromatic carbocycles. The van der Waals surface area contributed by atoms with Crippen molar-refractivity contribution in [1.29, 1.82) is 0 Å². The van der Waals surface area contributed by atoms with Crippen LogP contribution in [0.4, 0.5) is 10.1 Å². The van der Waals surface area contributed by atoms with Crippen LogP contribution in [0.5, 0.6) is 0 Å². The molecule has 0 fully saturated rings. The van der Waals surface area contributed by atoms with Gasteiger partial charge in [-0.05, 0) is 42.0 Å². The molecule has 2 rings (SSSR count). The fourth-order valence-corrected chi connectivity index (χ4v) is 2.03. The Morgan fingerprint density at radius 2 is 1.56 bits per heavy atom. The van der Waals surface area contributed by atoms with Crippen molar-refractivity contribution < 1.29 is 4.39 Å². The molecule has 0 saturated carbocycles. The van der Waals surface area contributed by atoms with Gasteiger partial charge in [0.05, 0.1) is 0 Å². The van der Waals surface area contributed by atoms with Crippen LogP contribution in [0, 0.1) is 5.82 Å². The maximum atomic E-state index is 12.9. The average Bonchev–Trinajstić information content (AvgIpc) is 2.15. The molecule has 0 aromatic heterocycles. The van der Waals surface area contributed by atoms with Gasteiger partial charge in [-0.15, -0.1) is 0 Å². The van der Waals surface area contributed by atoms with E-state index in [1.165, 1.54) is 12.1 Å². The largest absolute Gasteiger partial charge is 0.398 e. The van der Waals surface area contributed by atoms with Crippen molar-refractivity contribution >= 4 is 28.9 Å². The molecule has 0 atom stereocenters. The molecule has 16 heavy (non-hydrogen) atoms.